The Hall–Kier alpha value is -2.40. The van der Waals surface area contributed by atoms with Gasteiger partial charge in [-0.2, -0.15) is 0 Å². The molecule has 1 fully saturated rings. The molecule has 5 rings (SSSR count). The van der Waals surface area contributed by atoms with E-state index in [1.165, 1.54) is 16.8 Å². The summed E-state index contributed by atoms with van der Waals surface area (Å²) in [7, 11) is 0. The van der Waals surface area contributed by atoms with Gasteiger partial charge in [0.05, 0.1) is 17.8 Å². The van der Waals surface area contributed by atoms with Crippen LogP contribution in [0, 0.1) is 5.41 Å². The molecule has 4 heterocycles. The minimum atomic E-state index is -0.505. The monoisotopic (exact) mass is 391 g/mol. The molecule has 0 aromatic carbocycles. The summed E-state index contributed by atoms with van der Waals surface area (Å²) in [5.41, 5.74) is 6.81. The highest BCUT2D eigenvalue weighted by Gasteiger charge is 2.51. The van der Waals surface area contributed by atoms with Crippen LogP contribution in [-0.4, -0.2) is 40.8 Å². The molecule has 3 aliphatic heterocycles. The van der Waals surface area contributed by atoms with Gasteiger partial charge in [0.2, 0.25) is 0 Å². The normalized spacial score (nSPS) is 28.3. The molecule has 0 bridgehead atoms. The molecule has 1 saturated heterocycles. The molecular weight excluding hydrogens is 362 g/mol. The fourth-order valence-corrected chi connectivity index (χ4v) is 6.05. The highest BCUT2D eigenvalue weighted by Crippen LogP contribution is 2.57. The van der Waals surface area contributed by atoms with E-state index in [0.29, 0.717) is 11.7 Å². The predicted molar refractivity (Wildman–Crippen MR) is 115 cm³/mol. The second-order valence-electron chi connectivity index (χ2n) is 8.98. The molecular formula is C24H29N3O2. The van der Waals surface area contributed by atoms with Crippen LogP contribution in [0.25, 0.3) is 17.3 Å². The molecule has 0 saturated carbocycles. The van der Waals surface area contributed by atoms with E-state index in [9.17, 15) is 9.59 Å². The van der Waals surface area contributed by atoms with Crippen LogP contribution in [-0.2, 0) is 16.0 Å². The summed E-state index contributed by atoms with van der Waals surface area (Å²) in [6.07, 6.45) is 12.4. The minimum Gasteiger partial charge on any atom is -0.342 e. The van der Waals surface area contributed by atoms with Gasteiger partial charge in [-0.15, -0.1) is 0 Å². The van der Waals surface area contributed by atoms with E-state index < -0.39 is 6.04 Å². The van der Waals surface area contributed by atoms with Gasteiger partial charge in [-0.1, -0.05) is 19.6 Å². The van der Waals surface area contributed by atoms with Gasteiger partial charge in [-0.25, -0.2) is 0 Å². The lowest BCUT2D eigenvalue weighted by Gasteiger charge is -2.53. The minimum absolute atomic E-state index is 0.0352. The second-order valence-corrected chi connectivity index (χ2v) is 8.98. The fourth-order valence-electron chi connectivity index (χ4n) is 6.05. The van der Waals surface area contributed by atoms with Crippen LogP contribution >= 0.6 is 0 Å². The number of hydrogen-bond donors (Lipinski definition) is 1. The number of carbonyl (C=O) groups is 2. The number of aromatic nitrogens is 1. The maximum absolute atomic E-state index is 13.3. The van der Waals surface area contributed by atoms with E-state index in [-0.39, 0.29) is 11.3 Å². The third-order valence-electron chi connectivity index (χ3n) is 7.37. The Morgan fingerprint density at radius 1 is 1.45 bits per heavy atom. The van der Waals surface area contributed by atoms with Crippen LogP contribution in [0.15, 0.2) is 18.7 Å². The fraction of sp³-hybridized carbons (Fsp3) is 0.500. The van der Waals surface area contributed by atoms with Gasteiger partial charge < -0.3 is 14.7 Å². The molecule has 152 valence electrons. The van der Waals surface area contributed by atoms with E-state index in [1.807, 2.05) is 0 Å². The van der Waals surface area contributed by atoms with Crippen molar-refractivity contribution in [3.63, 3.8) is 0 Å². The first-order chi connectivity index (χ1) is 14.0. The number of allylic oxidation sites excluding steroid dienone is 2. The molecule has 1 aromatic heterocycles. The molecule has 0 radical (unpaired) electrons. The topological polar surface area (TPSA) is 54.3 Å². The van der Waals surface area contributed by atoms with Gasteiger partial charge in [-0.3, -0.25) is 9.69 Å². The van der Waals surface area contributed by atoms with E-state index in [0.717, 1.165) is 62.7 Å². The average Bonchev–Trinajstić information content (AvgIpc) is 3.08. The maximum atomic E-state index is 13.3. The van der Waals surface area contributed by atoms with Crippen LogP contribution < -0.4 is 5.32 Å². The van der Waals surface area contributed by atoms with Crippen molar-refractivity contribution in [1.29, 1.82) is 0 Å². The number of nitrogens with one attached hydrogen (secondary N) is 1. The van der Waals surface area contributed by atoms with E-state index in [1.54, 1.807) is 6.92 Å². The maximum Gasteiger partial charge on any atom is 0.268 e. The first-order valence-electron chi connectivity index (χ1n) is 10.9. The molecule has 0 spiro atoms. The largest absolute Gasteiger partial charge is 0.342 e. The quantitative estimate of drug-likeness (QED) is 0.799. The number of aldehydes is 1. The third-order valence-corrected chi connectivity index (χ3v) is 7.37. The molecule has 1 N–H and O–H groups in total. The molecule has 1 unspecified atom stereocenters. The Kier molecular flexibility index (Phi) is 4.21. The average molecular weight is 392 g/mol. The highest BCUT2D eigenvalue weighted by atomic mass is 16.2. The standard InChI is InChI=1S/C24H29N3O2/c1-4-24-10-6-11-26-12-9-17-20-15(2)7-5-8-18(20)27(21(17)22(24)26)19(13-24)23(29)25-16(3)14-28/h5,8,13-14,16,22H,2,4,6-7,9-12H2,1,3H3,(H,25,29)/t16-,22?,24-/m0/s1. The van der Waals surface area contributed by atoms with Crippen molar-refractivity contribution in [2.45, 2.75) is 58.0 Å². The van der Waals surface area contributed by atoms with E-state index in [4.69, 9.17) is 0 Å². The van der Waals surface area contributed by atoms with E-state index >= 15 is 0 Å². The van der Waals surface area contributed by atoms with Crippen LogP contribution in [0.3, 0.4) is 0 Å². The van der Waals surface area contributed by atoms with Gasteiger partial charge in [0, 0.05) is 23.2 Å². The number of fused-ring (bicyclic) bond motifs is 3. The van der Waals surface area contributed by atoms with Crippen LogP contribution in [0.5, 0.6) is 0 Å². The van der Waals surface area contributed by atoms with Crippen molar-refractivity contribution in [3.8, 4) is 0 Å². The molecule has 5 heteroatoms. The Labute approximate surface area is 172 Å². The lowest BCUT2D eigenvalue weighted by molar-refractivity contribution is -0.119. The zero-order chi connectivity index (χ0) is 20.3. The Morgan fingerprint density at radius 3 is 3.03 bits per heavy atom. The molecule has 4 aliphatic rings. The van der Waals surface area contributed by atoms with Gasteiger partial charge in [0.25, 0.3) is 5.91 Å². The van der Waals surface area contributed by atoms with Crippen LogP contribution in [0.4, 0.5) is 0 Å². The summed E-state index contributed by atoms with van der Waals surface area (Å²) in [6, 6.07) is -0.189. The van der Waals surface area contributed by atoms with Crippen molar-refractivity contribution >= 4 is 29.5 Å². The molecule has 3 atom stereocenters. The van der Waals surface area contributed by atoms with Crippen molar-refractivity contribution in [3.05, 3.63) is 41.2 Å². The highest BCUT2D eigenvalue weighted by molar-refractivity contribution is 6.15. The van der Waals surface area contributed by atoms with Gasteiger partial charge in [0.1, 0.15) is 12.0 Å². The first kappa shape index (κ1) is 18.6. The van der Waals surface area contributed by atoms with Gasteiger partial charge in [-0.05, 0) is 68.9 Å². The zero-order valence-corrected chi connectivity index (χ0v) is 17.3. The lowest BCUT2D eigenvalue weighted by atomic mass is 9.66. The van der Waals surface area contributed by atoms with Crippen molar-refractivity contribution in [2.75, 3.05) is 13.1 Å². The first-order valence-corrected chi connectivity index (χ1v) is 10.9. The third kappa shape index (κ3) is 2.49. The Bertz CT molecular complexity index is 983. The number of rotatable bonds is 4. The number of amides is 1. The number of hydrogen-bond acceptors (Lipinski definition) is 3. The molecule has 1 amide bonds. The van der Waals surface area contributed by atoms with Crippen molar-refractivity contribution in [1.82, 2.24) is 14.8 Å². The summed E-state index contributed by atoms with van der Waals surface area (Å²) in [5.74, 6) is -0.163. The summed E-state index contributed by atoms with van der Waals surface area (Å²) >= 11 is 0. The van der Waals surface area contributed by atoms with Crippen LogP contribution in [0.2, 0.25) is 0 Å². The van der Waals surface area contributed by atoms with Crippen LogP contribution in [0.1, 0.15) is 68.1 Å². The van der Waals surface area contributed by atoms with E-state index in [2.05, 4.69) is 46.5 Å². The lowest BCUT2D eigenvalue weighted by Crippen LogP contribution is -2.51. The number of piperidine rings is 1. The van der Waals surface area contributed by atoms with Crippen molar-refractivity contribution in [2.24, 2.45) is 5.41 Å². The molecule has 1 aliphatic carbocycles. The smallest absolute Gasteiger partial charge is 0.268 e. The molecule has 5 nitrogen and oxygen atoms in total. The summed E-state index contributed by atoms with van der Waals surface area (Å²) < 4.78 is 2.19. The SMILES string of the molecule is C=C1CC=Cc2c1c1c3n2C(C(=O)N[C@@H](C)C=O)=C[C@]2(CC)CCCN(CC1)C32. The molecule has 1 aromatic rings. The number of carbonyl (C=O) groups excluding carboxylic acids is 2. The van der Waals surface area contributed by atoms with Gasteiger partial charge in [0.15, 0.2) is 0 Å². The summed E-state index contributed by atoms with van der Waals surface area (Å²) in [5, 5.41) is 2.88. The summed E-state index contributed by atoms with van der Waals surface area (Å²) in [4.78, 5) is 27.1. The summed E-state index contributed by atoms with van der Waals surface area (Å²) in [6.45, 7) is 10.5. The zero-order valence-electron chi connectivity index (χ0n) is 17.3. The predicted octanol–water partition coefficient (Wildman–Crippen LogP) is 3.57. The second kappa shape index (κ2) is 6.56. The van der Waals surface area contributed by atoms with Crippen molar-refractivity contribution < 1.29 is 9.59 Å². The van der Waals surface area contributed by atoms with Gasteiger partial charge >= 0.3 is 0 Å². The Morgan fingerprint density at radius 2 is 2.28 bits per heavy atom. The molecule has 29 heavy (non-hydrogen) atoms. The Balaban J connectivity index is 1.78. The number of nitrogens with zero attached hydrogens (tertiary/aromatic N) is 2.